The van der Waals surface area contributed by atoms with Gasteiger partial charge in [-0.3, -0.25) is 19.1 Å². The Morgan fingerprint density at radius 3 is 2.74 bits per heavy atom. The number of nitrogens with one attached hydrogen (secondary N) is 1. The Morgan fingerprint density at radius 1 is 1.26 bits per heavy atom. The number of Topliss-reactive ketones (excluding diaryl/α,β-unsaturated/α-hetero) is 1. The highest BCUT2D eigenvalue weighted by Crippen LogP contribution is 2.45. The van der Waals surface area contributed by atoms with E-state index in [4.69, 9.17) is 0 Å². The summed E-state index contributed by atoms with van der Waals surface area (Å²) in [6, 6.07) is 6.55. The minimum atomic E-state index is -0.792. The Labute approximate surface area is 181 Å². The van der Waals surface area contributed by atoms with E-state index in [1.54, 1.807) is 0 Å². The van der Waals surface area contributed by atoms with Crippen LogP contribution in [-0.4, -0.2) is 63.5 Å². The molecule has 1 N–H and O–H groups in total. The van der Waals surface area contributed by atoms with Crippen LogP contribution in [0, 0.1) is 5.92 Å². The van der Waals surface area contributed by atoms with Crippen LogP contribution >= 0.6 is 0 Å². The normalized spacial score (nSPS) is 26.6. The Balaban J connectivity index is 1.22. The molecule has 1 aliphatic carbocycles. The maximum absolute atomic E-state index is 13.0. The molecule has 2 aliphatic heterocycles. The van der Waals surface area contributed by atoms with Gasteiger partial charge in [0.1, 0.15) is 5.54 Å². The van der Waals surface area contributed by atoms with Crippen LogP contribution in [0.1, 0.15) is 39.0 Å². The average molecular weight is 424 g/mol. The first-order chi connectivity index (χ1) is 14.9. The molecule has 164 valence electrons. The first-order valence-corrected chi connectivity index (χ1v) is 11.2. The van der Waals surface area contributed by atoms with Crippen LogP contribution in [0.3, 0.4) is 0 Å². The predicted octanol–water partition coefficient (Wildman–Crippen LogP) is 1.63. The van der Waals surface area contributed by atoms with Gasteiger partial charge in [0.25, 0.3) is 0 Å². The Kier molecular flexibility index (Phi) is 4.75. The summed E-state index contributed by atoms with van der Waals surface area (Å²) < 4.78 is 1.87. The fraction of sp³-hybridized carbons (Fsp3) is 0.565. The molecule has 31 heavy (non-hydrogen) atoms. The quantitative estimate of drug-likeness (QED) is 0.739. The van der Waals surface area contributed by atoms with Crippen molar-refractivity contribution in [1.82, 2.24) is 20.0 Å². The summed E-state index contributed by atoms with van der Waals surface area (Å²) >= 11 is 0. The lowest BCUT2D eigenvalue weighted by Crippen LogP contribution is -2.54. The minimum Gasteiger partial charge on any atom is -0.365 e. The summed E-state index contributed by atoms with van der Waals surface area (Å²) in [5.74, 6) is 0.0505. The molecule has 3 heterocycles. The summed E-state index contributed by atoms with van der Waals surface area (Å²) in [5.41, 5.74) is 1.45. The topological polar surface area (TPSA) is 87.5 Å². The molecule has 1 saturated carbocycles. The van der Waals surface area contributed by atoms with Crippen molar-refractivity contribution in [3.05, 3.63) is 24.4 Å². The van der Waals surface area contributed by atoms with E-state index in [-0.39, 0.29) is 36.0 Å². The zero-order chi connectivity index (χ0) is 21.8. The van der Waals surface area contributed by atoms with Crippen molar-refractivity contribution in [3.8, 4) is 0 Å². The maximum Gasteiger partial charge on any atom is 0.228 e. The Morgan fingerprint density at radius 2 is 2.06 bits per heavy atom. The maximum atomic E-state index is 13.0. The van der Waals surface area contributed by atoms with E-state index in [9.17, 15) is 14.4 Å². The number of hydrogen-bond acceptors (Lipinski definition) is 5. The third-order valence-corrected chi connectivity index (χ3v) is 7.23. The van der Waals surface area contributed by atoms with Gasteiger partial charge in [0.15, 0.2) is 5.78 Å². The van der Waals surface area contributed by atoms with Gasteiger partial charge in [-0.2, -0.15) is 5.10 Å². The molecule has 2 aromatic rings. The van der Waals surface area contributed by atoms with E-state index in [1.165, 1.54) is 0 Å². The molecule has 2 atom stereocenters. The van der Waals surface area contributed by atoms with Gasteiger partial charge in [-0.1, -0.05) is 0 Å². The number of amides is 2. The fourth-order valence-electron chi connectivity index (χ4n) is 5.34. The van der Waals surface area contributed by atoms with Crippen molar-refractivity contribution < 1.29 is 14.4 Å². The molecule has 0 radical (unpaired) electrons. The van der Waals surface area contributed by atoms with E-state index in [0.29, 0.717) is 25.9 Å². The standard InChI is InChI=1S/C23H29N5O3/c1-15-14-27(9-10-28(15)18-5-6-19-16(11-18)13-24-26(19)2)22(31)7-8-23(17-3-4-17)20(29)12-21(30)25-23/h5-6,11,13,15,17H,3-4,7-10,12,14H2,1-2H3,(H,25,30)/t15-,23?/m0/s1. The van der Waals surface area contributed by atoms with Gasteiger partial charge >= 0.3 is 0 Å². The second-order valence-corrected chi connectivity index (χ2v) is 9.29. The number of anilines is 1. The highest BCUT2D eigenvalue weighted by Gasteiger charge is 2.55. The van der Waals surface area contributed by atoms with Gasteiger partial charge < -0.3 is 15.1 Å². The van der Waals surface area contributed by atoms with Crippen LogP contribution in [0.2, 0.25) is 0 Å². The third kappa shape index (κ3) is 3.47. The van der Waals surface area contributed by atoms with E-state index >= 15 is 0 Å². The smallest absolute Gasteiger partial charge is 0.228 e. The zero-order valence-corrected chi connectivity index (χ0v) is 18.1. The SMILES string of the molecule is C[C@H]1CN(C(=O)CCC2(C3CC3)NC(=O)CC2=O)CCN1c1ccc2c(cnn2C)c1. The molecule has 0 spiro atoms. The van der Waals surface area contributed by atoms with Gasteiger partial charge in [0.2, 0.25) is 11.8 Å². The highest BCUT2D eigenvalue weighted by molar-refractivity contribution is 6.10. The van der Waals surface area contributed by atoms with E-state index in [1.807, 2.05) is 22.8 Å². The number of ketones is 1. The first kappa shape index (κ1) is 20.0. The van der Waals surface area contributed by atoms with E-state index in [2.05, 4.69) is 40.4 Å². The molecule has 1 unspecified atom stereocenters. The fourth-order valence-corrected chi connectivity index (χ4v) is 5.34. The van der Waals surface area contributed by atoms with Crippen LogP contribution < -0.4 is 10.2 Å². The van der Waals surface area contributed by atoms with Crippen LogP contribution in [0.5, 0.6) is 0 Å². The lowest BCUT2D eigenvalue weighted by molar-refractivity contribution is -0.133. The van der Waals surface area contributed by atoms with E-state index in [0.717, 1.165) is 36.0 Å². The minimum absolute atomic E-state index is 0.0308. The molecule has 8 heteroatoms. The third-order valence-electron chi connectivity index (χ3n) is 7.23. The molecule has 0 bridgehead atoms. The van der Waals surface area contributed by atoms with Crippen molar-refractivity contribution >= 4 is 34.2 Å². The number of nitrogens with zero attached hydrogens (tertiary/aromatic N) is 4. The van der Waals surface area contributed by atoms with Crippen LogP contribution in [0.25, 0.3) is 10.9 Å². The number of carbonyl (C=O) groups excluding carboxylic acids is 3. The zero-order valence-electron chi connectivity index (χ0n) is 18.1. The monoisotopic (exact) mass is 423 g/mol. The van der Waals surface area contributed by atoms with Crippen LogP contribution in [-0.2, 0) is 21.4 Å². The highest BCUT2D eigenvalue weighted by atomic mass is 16.2. The molecule has 8 nitrogen and oxygen atoms in total. The second kappa shape index (κ2) is 7.35. The molecular weight excluding hydrogens is 394 g/mol. The van der Waals surface area contributed by atoms with Crippen molar-refractivity contribution in [2.75, 3.05) is 24.5 Å². The average Bonchev–Trinajstić information content (AvgIpc) is 3.48. The Hall–Kier alpha value is -2.90. The molecule has 5 rings (SSSR count). The largest absolute Gasteiger partial charge is 0.365 e. The summed E-state index contributed by atoms with van der Waals surface area (Å²) in [7, 11) is 1.94. The number of fused-ring (bicyclic) bond motifs is 1. The van der Waals surface area contributed by atoms with Gasteiger partial charge in [-0.25, -0.2) is 0 Å². The van der Waals surface area contributed by atoms with E-state index < -0.39 is 5.54 Å². The van der Waals surface area contributed by atoms with Crippen LogP contribution in [0.15, 0.2) is 24.4 Å². The lowest BCUT2D eigenvalue weighted by Gasteiger charge is -2.41. The number of hydrogen-bond donors (Lipinski definition) is 1. The molecule has 1 aromatic heterocycles. The molecule has 2 saturated heterocycles. The number of piperazine rings is 1. The van der Waals surface area contributed by atoms with Crippen molar-refractivity contribution in [1.29, 1.82) is 0 Å². The molecular formula is C23H29N5O3. The predicted molar refractivity (Wildman–Crippen MR) is 117 cm³/mol. The summed E-state index contributed by atoms with van der Waals surface area (Å²) in [6.45, 7) is 4.22. The molecule has 3 fully saturated rings. The van der Waals surface area contributed by atoms with Crippen molar-refractivity contribution in [2.24, 2.45) is 13.0 Å². The Bertz CT molecular complexity index is 1060. The van der Waals surface area contributed by atoms with Gasteiger partial charge in [0.05, 0.1) is 18.1 Å². The van der Waals surface area contributed by atoms with Gasteiger partial charge in [0, 0.05) is 50.2 Å². The number of rotatable bonds is 5. The molecule has 1 aromatic carbocycles. The molecule has 2 amide bonds. The molecule has 3 aliphatic rings. The van der Waals surface area contributed by atoms with Crippen molar-refractivity contribution in [2.45, 2.75) is 50.6 Å². The summed E-state index contributed by atoms with van der Waals surface area (Å²) in [6.07, 6.45) is 4.47. The lowest BCUT2D eigenvalue weighted by atomic mass is 9.85. The number of carbonyl (C=O) groups is 3. The number of benzene rings is 1. The number of aromatic nitrogens is 2. The first-order valence-electron chi connectivity index (χ1n) is 11.2. The second-order valence-electron chi connectivity index (χ2n) is 9.29. The van der Waals surface area contributed by atoms with Gasteiger partial charge in [-0.15, -0.1) is 0 Å². The number of aryl methyl sites for hydroxylation is 1. The summed E-state index contributed by atoms with van der Waals surface area (Å²) in [4.78, 5) is 41.5. The van der Waals surface area contributed by atoms with Crippen LogP contribution in [0.4, 0.5) is 5.69 Å². The summed E-state index contributed by atoms with van der Waals surface area (Å²) in [5, 5.41) is 8.34. The van der Waals surface area contributed by atoms with Crippen molar-refractivity contribution in [3.63, 3.8) is 0 Å². The van der Waals surface area contributed by atoms with Gasteiger partial charge in [-0.05, 0) is 50.3 Å².